The fourth-order valence-corrected chi connectivity index (χ4v) is 8.78. The first-order valence-corrected chi connectivity index (χ1v) is 15.1. The molecular weight excluding hydrogens is 540 g/mol. The number of amides is 2. The van der Waals surface area contributed by atoms with Gasteiger partial charge in [0.05, 0.1) is 12.1 Å². The van der Waals surface area contributed by atoms with Crippen molar-refractivity contribution in [1.29, 1.82) is 0 Å². The Morgan fingerprint density at radius 2 is 1.08 bits per heavy atom. The van der Waals surface area contributed by atoms with Crippen molar-refractivity contribution >= 4 is 45.7 Å². The molecule has 6 fully saturated rings. The molecule has 6 aliphatic rings. The molecule has 6 rings (SSSR count). The number of nitrogens with one attached hydrogen (secondary N) is 2. The molecule has 38 heavy (non-hydrogen) atoms. The van der Waals surface area contributed by atoms with Crippen molar-refractivity contribution in [3.63, 3.8) is 0 Å². The van der Waals surface area contributed by atoms with Crippen molar-refractivity contribution in [3.8, 4) is 0 Å². The molecule has 0 spiro atoms. The van der Waals surface area contributed by atoms with Crippen LogP contribution < -0.4 is 10.6 Å². The molecule has 4 saturated carbocycles. The first-order valence-electron chi connectivity index (χ1n) is 13.5. The van der Waals surface area contributed by atoms with Crippen LogP contribution in [0.3, 0.4) is 0 Å². The van der Waals surface area contributed by atoms with Gasteiger partial charge < -0.3 is 10.6 Å². The zero-order chi connectivity index (χ0) is 27.7. The second-order valence-corrected chi connectivity index (χ2v) is 15.1. The minimum absolute atomic E-state index is 0.217. The summed E-state index contributed by atoms with van der Waals surface area (Å²) in [6.07, 6.45) is 9.43. The second-order valence-electron chi connectivity index (χ2n) is 12.3. The summed E-state index contributed by atoms with van der Waals surface area (Å²) in [6.45, 7) is 4.16. The van der Waals surface area contributed by atoms with Crippen molar-refractivity contribution in [1.82, 2.24) is 10.6 Å². The minimum Gasteiger partial charge on any atom is -0.304 e. The summed E-state index contributed by atoms with van der Waals surface area (Å²) < 4.78 is 50.8. The van der Waals surface area contributed by atoms with Gasteiger partial charge in [0.1, 0.15) is 0 Å². The highest BCUT2D eigenvalue weighted by atomic mass is 32.2. The topological polar surface area (TPSA) is 82.9 Å². The average molecular weight is 577 g/mol. The first kappa shape index (κ1) is 28.2. The van der Waals surface area contributed by atoms with E-state index in [2.05, 4.69) is 20.6 Å². The number of alkyl halides is 4. The molecule has 2 saturated heterocycles. The first-order chi connectivity index (χ1) is 17.6. The van der Waals surface area contributed by atoms with E-state index in [1.807, 2.05) is 0 Å². The Balaban J connectivity index is 0.000000155. The number of aliphatic imine (C=N–C) groups is 2. The van der Waals surface area contributed by atoms with Crippen LogP contribution in [-0.4, -0.2) is 55.6 Å². The summed E-state index contributed by atoms with van der Waals surface area (Å²) >= 11 is 1.76. The number of carbonyl (C=O) groups excluding carboxylic acids is 2. The van der Waals surface area contributed by atoms with Crippen LogP contribution >= 0.6 is 23.5 Å². The zero-order valence-electron chi connectivity index (χ0n) is 22.2. The van der Waals surface area contributed by atoms with E-state index < -0.39 is 33.2 Å². The molecule has 2 amide bonds. The zero-order valence-corrected chi connectivity index (χ0v) is 23.8. The Morgan fingerprint density at radius 3 is 1.32 bits per heavy atom. The third kappa shape index (κ3) is 5.01. The Bertz CT molecular complexity index is 979. The summed E-state index contributed by atoms with van der Waals surface area (Å²) in [4.78, 5) is 32.7. The lowest BCUT2D eigenvalue weighted by Crippen LogP contribution is -2.47. The molecule has 0 aromatic rings. The summed E-state index contributed by atoms with van der Waals surface area (Å²) in [5.74, 6) is -4.71. The maximum atomic E-state index is 13.6. The summed E-state index contributed by atoms with van der Waals surface area (Å²) in [5.41, 5.74) is 0. The van der Waals surface area contributed by atoms with Gasteiger partial charge in [-0.15, -0.1) is 0 Å². The smallest absolute Gasteiger partial charge is 0.268 e. The maximum Gasteiger partial charge on any atom is 0.268 e. The Hall–Kier alpha value is -1.30. The molecule has 2 N–H and O–H groups in total. The van der Waals surface area contributed by atoms with E-state index in [9.17, 15) is 27.2 Å². The molecule has 4 bridgehead atoms. The molecule has 0 aromatic carbocycles. The highest BCUT2D eigenvalue weighted by molar-refractivity contribution is 8.16. The van der Waals surface area contributed by atoms with Gasteiger partial charge in [0.2, 0.25) is 11.8 Å². The normalized spacial score (nSPS) is 44.1. The van der Waals surface area contributed by atoms with E-state index in [-0.39, 0.29) is 12.1 Å². The van der Waals surface area contributed by atoms with Crippen LogP contribution in [0.1, 0.15) is 79.1 Å². The number of rotatable bonds is 4. The van der Waals surface area contributed by atoms with Crippen molar-refractivity contribution in [3.05, 3.63) is 0 Å². The van der Waals surface area contributed by atoms with Crippen LogP contribution in [0.15, 0.2) is 9.98 Å². The van der Waals surface area contributed by atoms with E-state index >= 15 is 0 Å². The molecule has 212 valence electrons. The second kappa shape index (κ2) is 9.66. The number of carbonyl (C=O) groups is 2. The van der Waals surface area contributed by atoms with E-state index in [0.29, 0.717) is 22.2 Å². The molecule has 2 heterocycles. The van der Waals surface area contributed by atoms with Gasteiger partial charge in [-0.1, -0.05) is 36.4 Å². The van der Waals surface area contributed by atoms with Gasteiger partial charge in [0.15, 0.2) is 19.8 Å². The molecule has 0 aromatic heterocycles. The van der Waals surface area contributed by atoms with Crippen molar-refractivity contribution < 1.29 is 27.2 Å². The fourth-order valence-electron chi connectivity index (χ4n) is 6.70. The van der Waals surface area contributed by atoms with Crippen molar-refractivity contribution in [2.24, 2.45) is 33.7 Å². The lowest BCUT2D eigenvalue weighted by atomic mass is 9.96. The summed E-state index contributed by atoms with van der Waals surface area (Å²) in [7, 11) is 0. The quantitative estimate of drug-likeness (QED) is 0.426. The number of thioether (sulfide) groups is 2. The third-order valence-corrected chi connectivity index (χ3v) is 12.3. The standard InChI is InChI=1S/2C13H18F2N2OS/c2*1-12(13(2,14)15)10(18)17-11(19-12)16-9-6-7-3-4-8(9)5-7/h2*7-9H,3-6H2,1-2H3,(H,16,17,18)/t7-,8+,9+,12+;7-,8+,9+,12-/m11/s1. The number of hydrogen-bond donors (Lipinski definition) is 2. The largest absolute Gasteiger partial charge is 0.304 e. The minimum atomic E-state index is -3.06. The molecule has 2 aliphatic heterocycles. The molecule has 8 atom stereocenters. The highest BCUT2D eigenvalue weighted by Crippen LogP contribution is 2.49. The summed E-state index contributed by atoms with van der Waals surface area (Å²) in [6, 6.07) is 0.434. The molecular formula is C26H36F4N4O2S2. The van der Waals surface area contributed by atoms with Gasteiger partial charge in [0.25, 0.3) is 11.8 Å². The van der Waals surface area contributed by atoms with Gasteiger partial charge in [-0.05, 0) is 76.0 Å². The van der Waals surface area contributed by atoms with E-state index in [4.69, 9.17) is 0 Å². The van der Waals surface area contributed by atoms with E-state index in [1.165, 1.54) is 52.4 Å². The third-order valence-electron chi connectivity index (χ3n) is 9.55. The predicted octanol–water partition coefficient (Wildman–Crippen LogP) is 5.62. The maximum absolute atomic E-state index is 13.6. The number of hydrogen-bond acceptors (Lipinski definition) is 6. The molecule has 0 radical (unpaired) electrons. The van der Waals surface area contributed by atoms with Crippen LogP contribution in [0.2, 0.25) is 0 Å². The van der Waals surface area contributed by atoms with Crippen molar-refractivity contribution in [2.75, 3.05) is 0 Å². The molecule has 0 unspecified atom stereocenters. The monoisotopic (exact) mass is 576 g/mol. The van der Waals surface area contributed by atoms with Crippen LogP contribution in [0, 0.1) is 23.7 Å². The fraction of sp³-hybridized carbons (Fsp3) is 0.846. The van der Waals surface area contributed by atoms with Gasteiger partial charge in [-0.25, -0.2) is 17.6 Å². The average Bonchev–Trinajstić information content (AvgIpc) is 3.62. The van der Waals surface area contributed by atoms with Gasteiger partial charge in [-0.2, -0.15) is 0 Å². The SMILES string of the molecule is CC(F)(F)[C@@]1(C)SC(=N[C@H]2C[C@@H]3CC[C@H]2C3)NC1=O.CC(F)(F)[C@]1(C)SC(=N[C@H]2C[C@@H]3CC[C@H]2C3)NC1=O. The van der Waals surface area contributed by atoms with Crippen LogP contribution in [0.25, 0.3) is 0 Å². The Morgan fingerprint density at radius 1 is 0.711 bits per heavy atom. The van der Waals surface area contributed by atoms with Gasteiger partial charge in [-0.3, -0.25) is 19.6 Å². The summed E-state index contributed by atoms with van der Waals surface area (Å²) in [5, 5.41) is 5.82. The molecule has 12 heteroatoms. The van der Waals surface area contributed by atoms with E-state index in [0.717, 1.165) is 62.0 Å². The Kier molecular flexibility index (Phi) is 7.18. The number of halogens is 4. The molecule has 6 nitrogen and oxygen atoms in total. The van der Waals surface area contributed by atoms with Gasteiger partial charge >= 0.3 is 0 Å². The van der Waals surface area contributed by atoms with Crippen LogP contribution in [0.5, 0.6) is 0 Å². The Labute approximate surface area is 229 Å². The lowest BCUT2D eigenvalue weighted by Gasteiger charge is -2.26. The van der Waals surface area contributed by atoms with Gasteiger partial charge in [0, 0.05) is 13.8 Å². The molecule has 4 aliphatic carbocycles. The number of amidine groups is 2. The van der Waals surface area contributed by atoms with E-state index in [1.54, 1.807) is 0 Å². The van der Waals surface area contributed by atoms with Crippen LogP contribution in [-0.2, 0) is 9.59 Å². The highest BCUT2D eigenvalue weighted by Gasteiger charge is 2.59. The number of fused-ring (bicyclic) bond motifs is 4. The predicted molar refractivity (Wildman–Crippen MR) is 143 cm³/mol. The lowest BCUT2D eigenvalue weighted by molar-refractivity contribution is -0.131. The van der Waals surface area contributed by atoms with Crippen LogP contribution in [0.4, 0.5) is 17.6 Å². The van der Waals surface area contributed by atoms with Crippen molar-refractivity contribution in [2.45, 2.75) is 112 Å². The number of nitrogens with zero attached hydrogens (tertiary/aromatic N) is 2.